The largest absolute Gasteiger partial charge is 0.478 e. The van der Waals surface area contributed by atoms with Crippen LogP contribution < -0.4 is 5.32 Å². The van der Waals surface area contributed by atoms with Crippen LogP contribution in [-0.4, -0.2) is 42.3 Å². The number of carbonyl (C=O) groups is 3. The van der Waals surface area contributed by atoms with E-state index in [1.807, 2.05) is 0 Å². The third kappa shape index (κ3) is 5.71. The highest BCUT2D eigenvalue weighted by Gasteiger charge is 2.21. The third-order valence-electron chi connectivity index (χ3n) is 2.78. The number of carbonyl (C=O) groups excluding carboxylic acids is 2. The first-order valence-electron chi connectivity index (χ1n) is 7.01. The molecule has 0 heterocycles. The van der Waals surface area contributed by atoms with Crippen molar-refractivity contribution in [2.75, 3.05) is 13.7 Å². The average molecular weight is 323 g/mol. The average Bonchev–Trinajstić information content (AvgIpc) is 2.44. The van der Waals surface area contributed by atoms with Gasteiger partial charge in [0.05, 0.1) is 24.8 Å². The summed E-state index contributed by atoms with van der Waals surface area (Å²) < 4.78 is 9.79. The van der Waals surface area contributed by atoms with Crippen LogP contribution in [0.2, 0.25) is 0 Å². The number of carboxylic acid groups (broad SMARTS) is 1. The number of carboxylic acids is 1. The molecule has 0 fully saturated rings. The summed E-state index contributed by atoms with van der Waals surface area (Å²) >= 11 is 0. The molecular formula is C16H21NO6. The Bertz CT molecular complexity index is 603. The number of esters is 2. The molecule has 0 unspecified atom stereocenters. The van der Waals surface area contributed by atoms with Crippen LogP contribution in [0.3, 0.4) is 0 Å². The molecule has 0 aliphatic rings. The summed E-state index contributed by atoms with van der Waals surface area (Å²) in [5.74, 6) is -2.40. The maximum Gasteiger partial charge on any atom is 0.339 e. The number of nitrogens with one attached hydrogen (secondary N) is 1. The van der Waals surface area contributed by atoms with Crippen LogP contribution in [0.25, 0.3) is 0 Å². The lowest BCUT2D eigenvalue weighted by Crippen LogP contribution is -2.31. The van der Waals surface area contributed by atoms with E-state index in [2.05, 4.69) is 10.1 Å². The quantitative estimate of drug-likeness (QED) is 0.767. The Morgan fingerprint density at radius 2 is 1.87 bits per heavy atom. The molecule has 1 rings (SSSR count). The fourth-order valence-electron chi connectivity index (χ4n) is 1.95. The highest BCUT2D eigenvalue weighted by Crippen LogP contribution is 2.16. The van der Waals surface area contributed by atoms with Crippen LogP contribution in [-0.2, 0) is 20.8 Å². The zero-order chi connectivity index (χ0) is 17.6. The normalized spacial score (nSPS) is 11.0. The van der Waals surface area contributed by atoms with Gasteiger partial charge in [0.15, 0.2) is 0 Å². The van der Waals surface area contributed by atoms with Crippen LogP contribution in [0.5, 0.6) is 0 Å². The van der Waals surface area contributed by atoms with Gasteiger partial charge in [-0.3, -0.25) is 4.79 Å². The van der Waals surface area contributed by atoms with Gasteiger partial charge in [-0.25, -0.2) is 9.59 Å². The molecule has 2 N–H and O–H groups in total. The molecule has 7 nitrogen and oxygen atoms in total. The minimum Gasteiger partial charge on any atom is -0.478 e. The van der Waals surface area contributed by atoms with Crippen molar-refractivity contribution in [1.82, 2.24) is 5.32 Å². The van der Waals surface area contributed by atoms with Crippen LogP contribution in [0.1, 0.15) is 47.1 Å². The van der Waals surface area contributed by atoms with Gasteiger partial charge >= 0.3 is 17.9 Å². The second kappa shape index (κ2) is 7.73. The van der Waals surface area contributed by atoms with Crippen LogP contribution >= 0.6 is 0 Å². The first-order valence-corrected chi connectivity index (χ1v) is 7.01. The number of benzene rings is 1. The molecule has 0 amide bonds. The fraction of sp³-hybridized carbons (Fsp3) is 0.438. The Balaban J connectivity index is 2.85. The predicted molar refractivity (Wildman–Crippen MR) is 82.3 cm³/mol. The molecule has 0 radical (unpaired) electrons. The van der Waals surface area contributed by atoms with Gasteiger partial charge < -0.3 is 19.9 Å². The molecule has 126 valence electrons. The predicted octanol–water partition coefficient (Wildman–Crippen LogP) is 1.60. The number of aromatic carboxylic acids is 1. The van der Waals surface area contributed by atoms with Crippen LogP contribution in [0.15, 0.2) is 18.2 Å². The molecule has 7 heteroatoms. The van der Waals surface area contributed by atoms with E-state index in [0.29, 0.717) is 5.56 Å². The van der Waals surface area contributed by atoms with Gasteiger partial charge in [0.2, 0.25) is 0 Å². The maximum atomic E-state index is 11.8. The third-order valence-corrected chi connectivity index (χ3v) is 2.78. The highest BCUT2D eigenvalue weighted by molar-refractivity contribution is 6.03. The van der Waals surface area contributed by atoms with Gasteiger partial charge in [0, 0.05) is 6.54 Å². The SMILES string of the molecule is COC(=O)c1c(CNCC(=O)OC(C)(C)C)cccc1C(=O)O. The van der Waals surface area contributed by atoms with Crippen molar-refractivity contribution in [2.24, 2.45) is 0 Å². The molecule has 0 aliphatic carbocycles. The first-order chi connectivity index (χ1) is 10.7. The minimum absolute atomic E-state index is 0.0285. The lowest BCUT2D eigenvalue weighted by molar-refractivity contribution is -0.153. The van der Waals surface area contributed by atoms with E-state index >= 15 is 0 Å². The number of methoxy groups -OCH3 is 1. The zero-order valence-electron chi connectivity index (χ0n) is 13.6. The van der Waals surface area contributed by atoms with Crippen molar-refractivity contribution in [3.63, 3.8) is 0 Å². The fourth-order valence-corrected chi connectivity index (χ4v) is 1.95. The number of hydrogen-bond acceptors (Lipinski definition) is 6. The van der Waals surface area contributed by atoms with Crippen molar-refractivity contribution in [3.8, 4) is 0 Å². The maximum absolute atomic E-state index is 11.8. The van der Waals surface area contributed by atoms with Gasteiger partial charge in [-0.15, -0.1) is 0 Å². The van der Waals surface area contributed by atoms with Crippen molar-refractivity contribution in [2.45, 2.75) is 32.9 Å². The van der Waals surface area contributed by atoms with Gasteiger partial charge in [-0.2, -0.15) is 0 Å². The van der Waals surface area contributed by atoms with Crippen LogP contribution in [0.4, 0.5) is 0 Å². The number of ether oxygens (including phenoxy) is 2. The summed E-state index contributed by atoms with van der Waals surface area (Å²) in [6, 6.07) is 4.45. The highest BCUT2D eigenvalue weighted by atomic mass is 16.6. The van der Waals surface area contributed by atoms with E-state index in [0.717, 1.165) is 0 Å². The lowest BCUT2D eigenvalue weighted by Gasteiger charge is -2.19. The second-order valence-electron chi connectivity index (χ2n) is 5.83. The molecule has 0 aromatic heterocycles. The molecule has 0 bridgehead atoms. The van der Waals surface area contributed by atoms with Crippen LogP contribution in [0, 0.1) is 0 Å². The van der Waals surface area contributed by atoms with E-state index in [4.69, 9.17) is 4.74 Å². The van der Waals surface area contributed by atoms with Gasteiger partial charge in [-0.1, -0.05) is 12.1 Å². The minimum atomic E-state index is -1.22. The molecule has 0 saturated heterocycles. The standard InChI is InChI=1S/C16H21NO6/c1-16(2,3)23-12(18)9-17-8-10-6-5-7-11(14(19)20)13(10)15(21)22-4/h5-7,17H,8-9H2,1-4H3,(H,19,20). The van der Waals surface area contributed by atoms with Crippen molar-refractivity contribution in [3.05, 3.63) is 34.9 Å². The van der Waals surface area contributed by atoms with Gasteiger partial charge in [0.1, 0.15) is 5.60 Å². The summed E-state index contributed by atoms with van der Waals surface area (Å²) in [4.78, 5) is 34.7. The molecule has 0 saturated carbocycles. The van der Waals surface area contributed by atoms with E-state index < -0.39 is 23.5 Å². The molecule has 1 aromatic carbocycles. The summed E-state index contributed by atoms with van der Waals surface area (Å²) in [6.45, 7) is 5.35. The molecule has 0 atom stereocenters. The lowest BCUT2D eigenvalue weighted by atomic mass is 10.0. The van der Waals surface area contributed by atoms with E-state index in [9.17, 15) is 19.5 Å². The van der Waals surface area contributed by atoms with Crippen molar-refractivity contribution < 1.29 is 29.0 Å². The monoisotopic (exact) mass is 323 g/mol. The Morgan fingerprint density at radius 1 is 1.22 bits per heavy atom. The van der Waals surface area contributed by atoms with Gasteiger partial charge in [0.25, 0.3) is 0 Å². The summed E-state index contributed by atoms with van der Waals surface area (Å²) in [6.07, 6.45) is 0. The number of hydrogen-bond donors (Lipinski definition) is 2. The molecule has 1 aromatic rings. The summed E-state index contributed by atoms with van der Waals surface area (Å²) in [5.41, 5.74) is -0.327. The summed E-state index contributed by atoms with van der Waals surface area (Å²) in [7, 11) is 1.18. The summed E-state index contributed by atoms with van der Waals surface area (Å²) in [5, 5.41) is 12.0. The molecule has 0 aliphatic heterocycles. The van der Waals surface area contributed by atoms with Gasteiger partial charge in [-0.05, 0) is 32.4 Å². The Kier molecular flexibility index (Phi) is 6.27. The number of rotatable bonds is 6. The molecule has 0 spiro atoms. The molecular weight excluding hydrogens is 302 g/mol. The van der Waals surface area contributed by atoms with Crippen molar-refractivity contribution in [1.29, 1.82) is 0 Å². The smallest absolute Gasteiger partial charge is 0.339 e. The Labute approximate surface area is 134 Å². The first kappa shape index (κ1) is 18.6. The van der Waals surface area contributed by atoms with E-state index in [1.54, 1.807) is 26.8 Å². The second-order valence-corrected chi connectivity index (χ2v) is 5.83. The Morgan fingerprint density at radius 3 is 2.39 bits per heavy atom. The Hall–Kier alpha value is -2.41. The molecule has 23 heavy (non-hydrogen) atoms. The topological polar surface area (TPSA) is 102 Å². The van der Waals surface area contributed by atoms with Crippen molar-refractivity contribution >= 4 is 17.9 Å². The zero-order valence-corrected chi connectivity index (χ0v) is 13.6. The van der Waals surface area contributed by atoms with E-state index in [1.165, 1.54) is 19.2 Å². The van der Waals surface area contributed by atoms with E-state index in [-0.39, 0.29) is 24.2 Å².